The molecule has 3 aromatic rings. The maximum Gasteiger partial charge on any atom is 0.237 e. The largest absolute Gasteiger partial charge is 0.497 e. The molecule has 2 heterocycles. The molecule has 28 heavy (non-hydrogen) atoms. The number of hydrogen-bond acceptors (Lipinski definition) is 6. The van der Waals surface area contributed by atoms with Crippen molar-refractivity contribution in [2.24, 2.45) is 0 Å². The number of benzene rings is 1. The first-order valence-corrected chi connectivity index (χ1v) is 10.0. The first-order valence-electron chi connectivity index (χ1n) is 9.12. The van der Waals surface area contributed by atoms with E-state index in [1.165, 1.54) is 11.8 Å². The Hall–Kier alpha value is -2.87. The van der Waals surface area contributed by atoms with Crippen LogP contribution in [0.3, 0.4) is 0 Å². The van der Waals surface area contributed by atoms with E-state index < -0.39 is 0 Å². The number of rotatable bonds is 7. The fourth-order valence-electron chi connectivity index (χ4n) is 2.85. The number of methoxy groups -OCH3 is 1. The van der Waals surface area contributed by atoms with Crippen LogP contribution in [0.1, 0.15) is 25.8 Å². The molecule has 4 rings (SSSR count). The summed E-state index contributed by atoms with van der Waals surface area (Å²) in [4.78, 5) is 16.7. The van der Waals surface area contributed by atoms with Gasteiger partial charge in [0, 0.05) is 29.7 Å². The normalized spacial score (nSPS) is 14.5. The second-order valence-corrected chi connectivity index (χ2v) is 7.93. The minimum Gasteiger partial charge on any atom is -0.497 e. The lowest BCUT2D eigenvalue weighted by atomic mass is 10.2. The molecule has 1 aliphatic rings. The van der Waals surface area contributed by atoms with Crippen LogP contribution in [0.2, 0.25) is 0 Å². The zero-order valence-corrected chi connectivity index (χ0v) is 16.5. The zero-order valence-electron chi connectivity index (χ0n) is 15.7. The molecule has 7 nitrogen and oxygen atoms in total. The predicted octanol–water partition coefficient (Wildman–Crippen LogP) is 3.80. The molecule has 0 spiro atoms. The van der Waals surface area contributed by atoms with Crippen LogP contribution < -0.4 is 10.1 Å². The summed E-state index contributed by atoms with van der Waals surface area (Å²) in [6, 6.07) is 11.5. The van der Waals surface area contributed by atoms with Crippen LogP contribution in [-0.2, 0) is 4.79 Å². The number of aromatic nitrogens is 4. The number of amides is 1. The summed E-state index contributed by atoms with van der Waals surface area (Å²) in [6.45, 7) is 1.88. The second kappa shape index (κ2) is 8.02. The highest BCUT2D eigenvalue weighted by Gasteiger charge is 2.31. The fourth-order valence-corrected chi connectivity index (χ4v) is 3.77. The molecule has 1 atom stereocenters. The van der Waals surface area contributed by atoms with E-state index in [0.717, 1.165) is 40.8 Å². The molecule has 8 heteroatoms. The van der Waals surface area contributed by atoms with Crippen molar-refractivity contribution in [1.29, 1.82) is 0 Å². The van der Waals surface area contributed by atoms with E-state index in [9.17, 15) is 4.79 Å². The lowest BCUT2D eigenvalue weighted by Gasteiger charge is -2.13. The SMILES string of the molecule is COc1ccc(NC(=O)[C@H](C)Sc2nnc(-c3ccncc3)n2C2CC2)cc1. The summed E-state index contributed by atoms with van der Waals surface area (Å²) in [7, 11) is 1.61. The van der Waals surface area contributed by atoms with Gasteiger partial charge in [-0.15, -0.1) is 10.2 Å². The Labute approximate surface area is 167 Å². The number of thioether (sulfide) groups is 1. The van der Waals surface area contributed by atoms with Gasteiger partial charge in [-0.05, 0) is 56.2 Å². The highest BCUT2D eigenvalue weighted by Crippen LogP contribution is 2.41. The summed E-state index contributed by atoms with van der Waals surface area (Å²) >= 11 is 1.43. The zero-order chi connectivity index (χ0) is 19.5. The molecule has 144 valence electrons. The predicted molar refractivity (Wildman–Crippen MR) is 108 cm³/mol. The third-order valence-electron chi connectivity index (χ3n) is 4.52. The molecule has 0 unspecified atom stereocenters. The summed E-state index contributed by atoms with van der Waals surface area (Å²) in [5.41, 5.74) is 1.72. The molecular formula is C20H21N5O2S. The van der Waals surface area contributed by atoms with Gasteiger partial charge in [-0.25, -0.2) is 0 Å². The molecular weight excluding hydrogens is 374 g/mol. The lowest BCUT2D eigenvalue weighted by Crippen LogP contribution is -2.22. The van der Waals surface area contributed by atoms with Crippen LogP contribution in [-0.4, -0.2) is 38.0 Å². The van der Waals surface area contributed by atoms with Crippen LogP contribution in [0.5, 0.6) is 5.75 Å². The molecule has 0 aliphatic heterocycles. The average molecular weight is 395 g/mol. The van der Waals surface area contributed by atoms with Gasteiger partial charge in [0.25, 0.3) is 0 Å². The molecule has 1 N–H and O–H groups in total. The third-order valence-corrected chi connectivity index (χ3v) is 5.58. The van der Waals surface area contributed by atoms with E-state index in [1.807, 2.05) is 43.3 Å². The Morgan fingerprint density at radius 3 is 2.54 bits per heavy atom. The topological polar surface area (TPSA) is 81.9 Å². The molecule has 1 aliphatic carbocycles. The maximum atomic E-state index is 12.6. The van der Waals surface area contributed by atoms with Crippen molar-refractivity contribution in [3.05, 3.63) is 48.8 Å². The van der Waals surface area contributed by atoms with Gasteiger partial charge in [0.05, 0.1) is 12.4 Å². The van der Waals surface area contributed by atoms with Gasteiger partial charge in [-0.1, -0.05) is 11.8 Å². The minimum absolute atomic E-state index is 0.0778. The van der Waals surface area contributed by atoms with E-state index >= 15 is 0 Å². The van der Waals surface area contributed by atoms with Gasteiger partial charge in [-0.3, -0.25) is 14.3 Å². The van der Waals surface area contributed by atoms with Crippen molar-refractivity contribution in [2.75, 3.05) is 12.4 Å². The number of ether oxygens (including phenoxy) is 1. The van der Waals surface area contributed by atoms with E-state index in [0.29, 0.717) is 6.04 Å². The van der Waals surface area contributed by atoms with Gasteiger partial charge in [0.2, 0.25) is 5.91 Å². The molecule has 1 aromatic carbocycles. The number of carbonyl (C=O) groups is 1. The summed E-state index contributed by atoms with van der Waals surface area (Å²) < 4.78 is 7.29. The number of nitrogens with zero attached hydrogens (tertiary/aromatic N) is 4. The van der Waals surface area contributed by atoms with Crippen LogP contribution in [0.4, 0.5) is 5.69 Å². The van der Waals surface area contributed by atoms with Crippen LogP contribution in [0.15, 0.2) is 53.9 Å². The monoisotopic (exact) mass is 395 g/mol. The summed E-state index contributed by atoms with van der Waals surface area (Å²) in [5.74, 6) is 1.50. The number of pyridine rings is 1. The van der Waals surface area contributed by atoms with Crippen molar-refractivity contribution >= 4 is 23.4 Å². The maximum absolute atomic E-state index is 12.6. The van der Waals surface area contributed by atoms with Crippen molar-refractivity contribution in [3.63, 3.8) is 0 Å². The van der Waals surface area contributed by atoms with Gasteiger partial charge >= 0.3 is 0 Å². The van der Waals surface area contributed by atoms with E-state index in [1.54, 1.807) is 19.5 Å². The summed E-state index contributed by atoms with van der Waals surface area (Å²) in [5, 5.41) is 12.1. The molecule has 1 fully saturated rings. The van der Waals surface area contributed by atoms with Gasteiger partial charge in [0.1, 0.15) is 5.75 Å². The number of hydrogen-bond donors (Lipinski definition) is 1. The van der Waals surface area contributed by atoms with E-state index in [4.69, 9.17) is 4.74 Å². The van der Waals surface area contributed by atoms with Crippen LogP contribution in [0, 0.1) is 0 Å². The third kappa shape index (κ3) is 4.01. The Bertz CT molecular complexity index is 954. The van der Waals surface area contributed by atoms with Crippen LogP contribution in [0.25, 0.3) is 11.4 Å². The standard InChI is InChI=1S/C20H21N5O2S/c1-13(19(26)22-15-3-7-17(27-2)8-4-15)28-20-24-23-18(25(20)16-5-6-16)14-9-11-21-12-10-14/h3-4,7-13,16H,5-6H2,1-2H3,(H,22,26)/t13-/m0/s1. The van der Waals surface area contributed by atoms with Gasteiger partial charge in [0.15, 0.2) is 11.0 Å². The Morgan fingerprint density at radius 1 is 1.18 bits per heavy atom. The molecule has 0 bridgehead atoms. The number of anilines is 1. The van der Waals surface area contributed by atoms with Crippen molar-refractivity contribution < 1.29 is 9.53 Å². The van der Waals surface area contributed by atoms with E-state index in [2.05, 4.69) is 25.1 Å². The molecule has 1 amide bonds. The number of carbonyl (C=O) groups excluding carboxylic acids is 1. The number of nitrogens with one attached hydrogen (secondary N) is 1. The quantitative estimate of drug-likeness (QED) is 0.613. The first-order chi connectivity index (χ1) is 13.7. The minimum atomic E-state index is -0.311. The Balaban J connectivity index is 1.49. The molecule has 2 aromatic heterocycles. The summed E-state index contributed by atoms with van der Waals surface area (Å²) in [6.07, 6.45) is 5.71. The van der Waals surface area contributed by atoms with Crippen molar-refractivity contribution in [3.8, 4) is 17.1 Å². The lowest BCUT2D eigenvalue weighted by molar-refractivity contribution is -0.115. The van der Waals surface area contributed by atoms with Crippen molar-refractivity contribution in [2.45, 2.75) is 36.2 Å². The highest BCUT2D eigenvalue weighted by atomic mass is 32.2. The smallest absolute Gasteiger partial charge is 0.237 e. The molecule has 1 saturated carbocycles. The average Bonchev–Trinajstić information content (AvgIpc) is 3.49. The first kappa shape index (κ1) is 18.5. The molecule has 0 radical (unpaired) electrons. The molecule has 0 saturated heterocycles. The second-order valence-electron chi connectivity index (χ2n) is 6.62. The van der Waals surface area contributed by atoms with Gasteiger partial charge in [-0.2, -0.15) is 0 Å². The van der Waals surface area contributed by atoms with Gasteiger partial charge < -0.3 is 10.1 Å². The Kier molecular flexibility index (Phi) is 5.29. The highest BCUT2D eigenvalue weighted by molar-refractivity contribution is 8.00. The Morgan fingerprint density at radius 2 is 1.89 bits per heavy atom. The van der Waals surface area contributed by atoms with Crippen LogP contribution >= 0.6 is 11.8 Å². The fraction of sp³-hybridized carbons (Fsp3) is 0.300. The van der Waals surface area contributed by atoms with Crippen molar-refractivity contribution in [1.82, 2.24) is 19.7 Å². The van der Waals surface area contributed by atoms with E-state index in [-0.39, 0.29) is 11.2 Å².